The molecule has 32 heavy (non-hydrogen) atoms. The number of pyridine rings is 1. The van der Waals surface area contributed by atoms with Gasteiger partial charge in [0.1, 0.15) is 23.6 Å². The average Bonchev–Trinajstić information content (AvgIpc) is 3.67. The van der Waals surface area contributed by atoms with E-state index < -0.39 is 41.2 Å². The van der Waals surface area contributed by atoms with Crippen molar-refractivity contribution >= 4 is 22.6 Å². The van der Waals surface area contributed by atoms with Crippen molar-refractivity contribution in [2.24, 2.45) is 5.92 Å². The molecule has 2 aliphatic carbocycles. The maximum Gasteiger partial charge on any atom is 0.341 e. The second-order valence-electron chi connectivity index (χ2n) is 8.90. The molecule has 5 rings (SSSR count). The molecule has 7 nitrogen and oxygen atoms in total. The summed E-state index contributed by atoms with van der Waals surface area (Å²) in [6, 6.07) is 0.705. The molecule has 2 heterocycles. The highest BCUT2D eigenvalue weighted by atomic mass is 19.1. The molecule has 1 aromatic heterocycles. The molecule has 3 aliphatic rings. The van der Waals surface area contributed by atoms with Crippen molar-refractivity contribution in [2.45, 2.75) is 43.7 Å². The maximum absolute atomic E-state index is 15.3. The first-order chi connectivity index (χ1) is 15.3. The monoisotopic (exact) mass is 451 g/mol. The molecular formula is C22H24F3N3O4. The van der Waals surface area contributed by atoms with Crippen molar-refractivity contribution in [3.05, 3.63) is 33.9 Å². The Morgan fingerprint density at radius 3 is 2.59 bits per heavy atom. The lowest BCUT2D eigenvalue weighted by Gasteiger charge is -2.24. The molecule has 0 unspecified atom stereocenters. The lowest BCUT2D eigenvalue weighted by molar-refractivity contribution is 0.0694. The van der Waals surface area contributed by atoms with E-state index in [1.54, 1.807) is 4.90 Å². The predicted molar refractivity (Wildman–Crippen MR) is 112 cm³/mol. The molecule has 2 N–H and O–H groups in total. The fourth-order valence-electron chi connectivity index (χ4n) is 4.60. The molecule has 1 aliphatic heterocycles. The SMILES string of the molecule is COc1c(N2C[C@H](CNC3CC3)[C@H](F)C2)c(F)cc2c(=O)c(C(=O)O)cn([C@@H]3C[C@@H]3F)c12. The number of rotatable bonds is 7. The van der Waals surface area contributed by atoms with Crippen LogP contribution in [0.4, 0.5) is 18.9 Å². The third-order valence-corrected chi connectivity index (χ3v) is 6.59. The van der Waals surface area contributed by atoms with Crippen molar-refractivity contribution in [3.8, 4) is 5.75 Å². The van der Waals surface area contributed by atoms with Crippen molar-refractivity contribution in [1.29, 1.82) is 0 Å². The average molecular weight is 451 g/mol. The van der Waals surface area contributed by atoms with E-state index in [1.165, 1.54) is 11.7 Å². The molecular weight excluding hydrogens is 427 g/mol. The maximum atomic E-state index is 15.3. The fourth-order valence-corrected chi connectivity index (χ4v) is 4.60. The molecule has 0 amide bonds. The summed E-state index contributed by atoms with van der Waals surface area (Å²) in [6.45, 7) is 0.701. The summed E-state index contributed by atoms with van der Waals surface area (Å²) in [5.41, 5.74) is -1.32. The Balaban J connectivity index is 1.62. The molecule has 0 spiro atoms. The molecule has 0 radical (unpaired) electrons. The number of anilines is 1. The van der Waals surface area contributed by atoms with E-state index in [1.807, 2.05) is 0 Å². The molecule has 0 bridgehead atoms. The van der Waals surface area contributed by atoms with Gasteiger partial charge in [-0.15, -0.1) is 0 Å². The Labute approximate surface area is 181 Å². The number of benzene rings is 1. The lowest BCUT2D eigenvalue weighted by atomic mass is 10.1. The number of hydrogen-bond acceptors (Lipinski definition) is 5. The molecule has 1 aromatic carbocycles. The van der Waals surface area contributed by atoms with Gasteiger partial charge >= 0.3 is 5.97 Å². The number of aromatic carboxylic acids is 1. The van der Waals surface area contributed by atoms with Crippen LogP contribution < -0.4 is 20.4 Å². The number of nitrogens with zero attached hydrogens (tertiary/aromatic N) is 2. The second kappa shape index (κ2) is 7.68. The Bertz CT molecular complexity index is 1150. The number of fused-ring (bicyclic) bond motifs is 1. The van der Waals surface area contributed by atoms with Gasteiger partial charge in [-0.2, -0.15) is 0 Å². The minimum absolute atomic E-state index is 0.00357. The number of nitrogens with one attached hydrogen (secondary N) is 1. The fraction of sp³-hybridized carbons (Fsp3) is 0.545. The van der Waals surface area contributed by atoms with E-state index >= 15 is 4.39 Å². The van der Waals surface area contributed by atoms with Crippen LogP contribution in [0.5, 0.6) is 5.75 Å². The summed E-state index contributed by atoms with van der Waals surface area (Å²) in [5.74, 6) is -2.63. The number of carboxylic acids is 1. The van der Waals surface area contributed by atoms with Crippen LogP contribution in [0.25, 0.3) is 10.9 Å². The van der Waals surface area contributed by atoms with Crippen LogP contribution in [0.2, 0.25) is 0 Å². The van der Waals surface area contributed by atoms with Crippen LogP contribution in [-0.2, 0) is 0 Å². The third-order valence-electron chi connectivity index (χ3n) is 6.59. The number of ether oxygens (including phenoxy) is 1. The summed E-state index contributed by atoms with van der Waals surface area (Å²) >= 11 is 0. The van der Waals surface area contributed by atoms with E-state index in [9.17, 15) is 23.5 Å². The first-order valence-corrected chi connectivity index (χ1v) is 10.7. The van der Waals surface area contributed by atoms with E-state index in [0.29, 0.717) is 12.6 Å². The largest absolute Gasteiger partial charge is 0.492 e. The number of carboxylic acid groups (broad SMARTS) is 1. The minimum atomic E-state index is -1.48. The number of alkyl halides is 2. The molecule has 4 atom stereocenters. The van der Waals surface area contributed by atoms with E-state index in [-0.39, 0.29) is 47.8 Å². The summed E-state index contributed by atoms with van der Waals surface area (Å²) in [4.78, 5) is 25.9. The van der Waals surface area contributed by atoms with Gasteiger partial charge in [0.25, 0.3) is 0 Å². The normalized spacial score (nSPS) is 27.2. The van der Waals surface area contributed by atoms with Gasteiger partial charge in [-0.3, -0.25) is 4.79 Å². The Kier molecular flexibility index (Phi) is 5.07. The molecule has 2 aromatic rings. The predicted octanol–water partition coefficient (Wildman–Crippen LogP) is 2.66. The van der Waals surface area contributed by atoms with Gasteiger partial charge in [0.2, 0.25) is 5.43 Å². The smallest absolute Gasteiger partial charge is 0.341 e. The van der Waals surface area contributed by atoms with E-state index in [0.717, 1.165) is 25.1 Å². The lowest BCUT2D eigenvalue weighted by Crippen LogP contribution is -2.30. The van der Waals surface area contributed by atoms with Gasteiger partial charge in [-0.05, 0) is 18.9 Å². The van der Waals surface area contributed by atoms with Crippen molar-refractivity contribution in [1.82, 2.24) is 9.88 Å². The van der Waals surface area contributed by atoms with E-state index in [4.69, 9.17) is 4.74 Å². The summed E-state index contributed by atoms with van der Waals surface area (Å²) in [5, 5.41) is 12.5. The van der Waals surface area contributed by atoms with Crippen LogP contribution in [-0.4, -0.2) is 60.8 Å². The first kappa shape index (κ1) is 21.1. The topological polar surface area (TPSA) is 83.8 Å². The van der Waals surface area contributed by atoms with Gasteiger partial charge in [0.05, 0.1) is 24.1 Å². The molecule has 172 valence electrons. The van der Waals surface area contributed by atoms with Gasteiger partial charge in [-0.25, -0.2) is 18.0 Å². The Hall–Kier alpha value is -2.75. The quantitative estimate of drug-likeness (QED) is 0.674. The summed E-state index contributed by atoms with van der Waals surface area (Å²) < 4.78 is 50.8. The highest BCUT2D eigenvalue weighted by Crippen LogP contribution is 2.46. The number of hydrogen-bond donors (Lipinski definition) is 2. The third kappa shape index (κ3) is 3.50. The van der Waals surface area contributed by atoms with Crippen molar-refractivity contribution in [3.63, 3.8) is 0 Å². The van der Waals surface area contributed by atoms with Crippen molar-refractivity contribution < 1.29 is 27.8 Å². The number of methoxy groups -OCH3 is 1. The Morgan fingerprint density at radius 1 is 1.28 bits per heavy atom. The van der Waals surface area contributed by atoms with Crippen LogP contribution in [0.1, 0.15) is 35.7 Å². The minimum Gasteiger partial charge on any atom is -0.492 e. The zero-order valence-electron chi connectivity index (χ0n) is 17.5. The van der Waals surface area contributed by atoms with Crippen LogP contribution in [0, 0.1) is 11.7 Å². The zero-order valence-corrected chi connectivity index (χ0v) is 17.5. The molecule has 2 saturated carbocycles. The highest BCUT2D eigenvalue weighted by molar-refractivity contribution is 5.97. The molecule has 10 heteroatoms. The summed E-state index contributed by atoms with van der Waals surface area (Å²) in [7, 11) is 1.30. The number of aromatic nitrogens is 1. The first-order valence-electron chi connectivity index (χ1n) is 10.7. The molecule has 1 saturated heterocycles. The van der Waals surface area contributed by atoms with Crippen LogP contribution >= 0.6 is 0 Å². The van der Waals surface area contributed by atoms with Gasteiger partial charge in [0.15, 0.2) is 11.6 Å². The molecule has 3 fully saturated rings. The summed E-state index contributed by atoms with van der Waals surface area (Å²) in [6.07, 6.45) is 1.01. The highest BCUT2D eigenvalue weighted by Gasteiger charge is 2.42. The number of carbonyl (C=O) groups is 1. The van der Waals surface area contributed by atoms with Gasteiger partial charge < -0.3 is 24.6 Å². The van der Waals surface area contributed by atoms with E-state index in [2.05, 4.69) is 5.32 Å². The zero-order chi connectivity index (χ0) is 22.7. The van der Waals surface area contributed by atoms with Crippen molar-refractivity contribution in [2.75, 3.05) is 31.6 Å². The van der Waals surface area contributed by atoms with Gasteiger partial charge in [0, 0.05) is 44.2 Å². The van der Waals surface area contributed by atoms with Gasteiger partial charge in [-0.1, -0.05) is 0 Å². The Morgan fingerprint density at radius 2 is 2.00 bits per heavy atom. The second-order valence-corrected chi connectivity index (χ2v) is 8.90. The standard InChI is InChI=1S/C22H24F3N3O4/c1-32-21-18-12(20(29)13(22(30)31)8-28(18)17-5-14(17)23)4-15(24)19(21)27-7-10(16(25)9-27)6-26-11-2-3-11/h4,8,10-11,14,16-17,26H,2-3,5-7,9H2,1H3,(H,30,31)/t10-,14-,16+,17+/m0/s1. The van der Waals surface area contributed by atoms with Crippen LogP contribution in [0.15, 0.2) is 17.1 Å². The number of halogens is 3. The van der Waals surface area contributed by atoms with Crippen LogP contribution in [0.3, 0.4) is 0 Å².